The zero-order valence-electron chi connectivity index (χ0n) is 13.8. The maximum absolute atomic E-state index is 11.9. The molecular formula is C19H12BrN3O3S. The van der Waals surface area contributed by atoms with Gasteiger partial charge in [0.05, 0.1) is 16.4 Å². The van der Waals surface area contributed by atoms with Crippen molar-refractivity contribution in [3.63, 3.8) is 0 Å². The molecule has 6 nitrogen and oxygen atoms in total. The van der Waals surface area contributed by atoms with Crippen molar-refractivity contribution in [3.05, 3.63) is 76.7 Å². The molecule has 0 saturated heterocycles. The van der Waals surface area contributed by atoms with E-state index in [4.69, 9.17) is 9.15 Å². The number of thiazole rings is 1. The van der Waals surface area contributed by atoms with Crippen LogP contribution in [0.25, 0.3) is 10.2 Å². The fourth-order valence-electron chi connectivity index (χ4n) is 2.29. The van der Waals surface area contributed by atoms with Crippen LogP contribution >= 0.6 is 27.3 Å². The van der Waals surface area contributed by atoms with Crippen molar-refractivity contribution in [1.82, 2.24) is 4.98 Å². The molecule has 0 bridgehead atoms. The van der Waals surface area contributed by atoms with E-state index in [0.717, 1.165) is 20.9 Å². The number of hydrogen-bond donors (Lipinski definition) is 1. The number of anilines is 1. The minimum atomic E-state index is -0.556. The van der Waals surface area contributed by atoms with E-state index in [2.05, 4.69) is 31.4 Å². The molecule has 2 heterocycles. The number of esters is 1. The number of halogens is 1. The van der Waals surface area contributed by atoms with Gasteiger partial charge in [0.25, 0.3) is 0 Å². The Morgan fingerprint density at radius 1 is 1.15 bits per heavy atom. The summed E-state index contributed by atoms with van der Waals surface area (Å²) < 4.78 is 12.0. The fraction of sp³-hybridized carbons (Fsp3) is 0. The van der Waals surface area contributed by atoms with Gasteiger partial charge in [-0.05, 0) is 70.0 Å². The van der Waals surface area contributed by atoms with E-state index in [0.29, 0.717) is 10.4 Å². The first kappa shape index (κ1) is 17.4. The molecule has 27 heavy (non-hydrogen) atoms. The monoisotopic (exact) mass is 441 g/mol. The Morgan fingerprint density at radius 3 is 2.70 bits per heavy atom. The molecule has 4 aromatic rings. The largest absolute Gasteiger partial charge is 0.442 e. The molecule has 1 N–H and O–H groups in total. The van der Waals surface area contributed by atoms with Crippen molar-refractivity contribution in [1.29, 1.82) is 0 Å². The summed E-state index contributed by atoms with van der Waals surface area (Å²) in [5, 5.41) is 4.92. The fourth-order valence-corrected chi connectivity index (χ4v) is 3.41. The average Bonchev–Trinajstić information content (AvgIpc) is 3.29. The molecule has 0 amide bonds. The van der Waals surface area contributed by atoms with Crippen LogP contribution in [0.15, 0.2) is 74.9 Å². The predicted molar refractivity (Wildman–Crippen MR) is 109 cm³/mol. The quantitative estimate of drug-likeness (QED) is 0.196. The predicted octanol–water partition coefficient (Wildman–Crippen LogP) is 5.32. The molecule has 0 aliphatic carbocycles. The Labute approximate surface area is 166 Å². The molecular weight excluding hydrogens is 430 g/mol. The third-order valence-electron chi connectivity index (χ3n) is 3.53. The van der Waals surface area contributed by atoms with E-state index >= 15 is 0 Å². The number of aromatic nitrogens is 1. The summed E-state index contributed by atoms with van der Waals surface area (Å²) in [5.74, 6) is -0.00373. The number of nitrogens with zero attached hydrogens (tertiary/aromatic N) is 2. The minimum absolute atomic E-state index is 0.132. The van der Waals surface area contributed by atoms with E-state index in [9.17, 15) is 4.79 Å². The van der Waals surface area contributed by atoms with Crippen LogP contribution in [0.2, 0.25) is 0 Å². The van der Waals surface area contributed by atoms with Gasteiger partial charge in [0, 0.05) is 0 Å². The molecule has 0 radical (unpaired) electrons. The highest BCUT2D eigenvalue weighted by Gasteiger charge is 2.12. The van der Waals surface area contributed by atoms with Crippen molar-refractivity contribution >= 4 is 54.8 Å². The number of carbonyl (C=O) groups is 1. The van der Waals surface area contributed by atoms with Crippen molar-refractivity contribution in [3.8, 4) is 5.75 Å². The lowest BCUT2D eigenvalue weighted by Gasteiger charge is -2.02. The summed E-state index contributed by atoms with van der Waals surface area (Å²) in [7, 11) is 0. The number of fused-ring (bicyclic) bond motifs is 1. The summed E-state index contributed by atoms with van der Waals surface area (Å²) >= 11 is 4.68. The Hall–Kier alpha value is -2.97. The molecule has 0 saturated carbocycles. The Morgan fingerprint density at radius 2 is 1.96 bits per heavy atom. The van der Waals surface area contributed by atoms with E-state index in [1.54, 1.807) is 42.6 Å². The first-order valence-electron chi connectivity index (χ1n) is 7.89. The zero-order valence-corrected chi connectivity index (χ0v) is 16.2. The van der Waals surface area contributed by atoms with Crippen LogP contribution in [0.5, 0.6) is 5.75 Å². The highest BCUT2D eigenvalue weighted by Crippen LogP contribution is 2.25. The summed E-state index contributed by atoms with van der Waals surface area (Å²) in [5.41, 5.74) is 4.72. The molecule has 0 fully saturated rings. The molecule has 0 atom stereocenters. The van der Waals surface area contributed by atoms with Gasteiger partial charge in [0.1, 0.15) is 5.75 Å². The normalized spacial score (nSPS) is 11.1. The van der Waals surface area contributed by atoms with Crippen molar-refractivity contribution in [2.75, 3.05) is 5.43 Å². The van der Waals surface area contributed by atoms with Crippen LogP contribution in [0.4, 0.5) is 5.13 Å². The number of hydrogen-bond acceptors (Lipinski definition) is 7. The molecule has 0 spiro atoms. The molecule has 0 aliphatic rings. The number of para-hydroxylation sites is 1. The van der Waals surface area contributed by atoms with Crippen LogP contribution in [-0.2, 0) is 0 Å². The van der Waals surface area contributed by atoms with Gasteiger partial charge in [0.2, 0.25) is 10.9 Å². The highest BCUT2D eigenvalue weighted by atomic mass is 79.9. The number of benzene rings is 2. The number of ether oxygens (including phenoxy) is 1. The summed E-state index contributed by atoms with van der Waals surface area (Å²) in [4.78, 5) is 16.4. The van der Waals surface area contributed by atoms with Gasteiger partial charge in [-0.15, -0.1) is 0 Å². The molecule has 2 aromatic carbocycles. The first-order chi connectivity index (χ1) is 13.2. The maximum Gasteiger partial charge on any atom is 0.379 e. The third kappa shape index (κ3) is 4.24. The number of carbonyl (C=O) groups excluding carboxylic acids is 1. The number of rotatable bonds is 5. The van der Waals surface area contributed by atoms with Crippen LogP contribution in [0, 0.1) is 0 Å². The maximum atomic E-state index is 11.9. The zero-order chi connectivity index (χ0) is 18.6. The Balaban J connectivity index is 1.37. The first-order valence-corrected chi connectivity index (χ1v) is 9.50. The van der Waals surface area contributed by atoms with Gasteiger partial charge in [-0.25, -0.2) is 9.78 Å². The lowest BCUT2D eigenvalue weighted by Crippen LogP contribution is -2.07. The number of furan rings is 1. The van der Waals surface area contributed by atoms with Crippen molar-refractivity contribution < 1.29 is 13.9 Å². The minimum Gasteiger partial charge on any atom is -0.442 e. The van der Waals surface area contributed by atoms with Crippen molar-refractivity contribution in [2.45, 2.75) is 0 Å². The van der Waals surface area contributed by atoms with Gasteiger partial charge in [-0.1, -0.05) is 23.5 Å². The lowest BCUT2D eigenvalue weighted by atomic mass is 10.2. The smallest absolute Gasteiger partial charge is 0.379 e. The molecule has 134 valence electrons. The standard InChI is InChI=1S/C19H12BrN3O3S/c20-17-10-9-15(26-17)18(24)25-13-7-5-12(6-8-13)11-21-23-19-22-14-3-1-2-4-16(14)27-19/h1-11H,(H,22,23)/b21-11+. The van der Waals surface area contributed by atoms with Gasteiger partial charge < -0.3 is 9.15 Å². The number of nitrogens with one attached hydrogen (secondary N) is 1. The average molecular weight is 442 g/mol. The van der Waals surface area contributed by atoms with Gasteiger partial charge in [-0.3, -0.25) is 5.43 Å². The van der Waals surface area contributed by atoms with Crippen LogP contribution in [-0.4, -0.2) is 17.2 Å². The summed E-state index contributed by atoms with van der Waals surface area (Å²) in [6.45, 7) is 0. The van der Waals surface area contributed by atoms with Crippen molar-refractivity contribution in [2.24, 2.45) is 5.10 Å². The van der Waals surface area contributed by atoms with E-state index in [1.807, 2.05) is 24.3 Å². The second-order valence-electron chi connectivity index (χ2n) is 5.42. The van der Waals surface area contributed by atoms with E-state index in [-0.39, 0.29) is 5.76 Å². The summed E-state index contributed by atoms with van der Waals surface area (Å²) in [6, 6.07) is 18.1. The van der Waals surface area contributed by atoms with Crippen LogP contribution in [0.1, 0.15) is 16.1 Å². The molecule has 0 aliphatic heterocycles. The van der Waals surface area contributed by atoms with E-state index < -0.39 is 5.97 Å². The summed E-state index contributed by atoms with van der Waals surface area (Å²) in [6.07, 6.45) is 1.67. The topological polar surface area (TPSA) is 76.7 Å². The lowest BCUT2D eigenvalue weighted by molar-refractivity contribution is 0.0700. The van der Waals surface area contributed by atoms with Gasteiger partial charge >= 0.3 is 5.97 Å². The molecule has 4 rings (SSSR count). The van der Waals surface area contributed by atoms with Gasteiger partial charge in [-0.2, -0.15) is 5.10 Å². The molecule has 0 unspecified atom stereocenters. The Kier molecular flexibility index (Phi) is 4.99. The highest BCUT2D eigenvalue weighted by molar-refractivity contribution is 9.10. The third-order valence-corrected chi connectivity index (χ3v) is 4.90. The van der Waals surface area contributed by atoms with Crippen LogP contribution in [0.3, 0.4) is 0 Å². The SMILES string of the molecule is O=C(Oc1ccc(/C=N/Nc2nc3ccccc3s2)cc1)c1ccc(Br)o1. The van der Waals surface area contributed by atoms with Gasteiger partial charge in [0.15, 0.2) is 4.67 Å². The van der Waals surface area contributed by atoms with Crippen LogP contribution < -0.4 is 10.2 Å². The molecule has 2 aromatic heterocycles. The number of hydrazone groups is 1. The van der Waals surface area contributed by atoms with E-state index in [1.165, 1.54) is 11.3 Å². The second-order valence-corrected chi connectivity index (χ2v) is 7.23. The second kappa shape index (κ2) is 7.73. The Bertz CT molecular complexity index is 1090. The molecule has 8 heteroatoms.